The SMILES string of the molecule is C=C1C[C@@H](NC(=O)OC(C)(C)C)C(=O)O1. The van der Waals surface area contributed by atoms with Gasteiger partial charge in [0, 0.05) is 6.42 Å². The molecule has 1 aliphatic heterocycles. The van der Waals surface area contributed by atoms with E-state index in [0.29, 0.717) is 12.2 Å². The van der Waals surface area contributed by atoms with E-state index in [2.05, 4.69) is 11.9 Å². The average Bonchev–Trinajstić information content (AvgIpc) is 2.25. The van der Waals surface area contributed by atoms with Crippen LogP contribution in [0.2, 0.25) is 0 Å². The third-order valence-corrected chi connectivity index (χ3v) is 1.65. The fourth-order valence-corrected chi connectivity index (χ4v) is 1.13. The van der Waals surface area contributed by atoms with Gasteiger partial charge in [-0.3, -0.25) is 0 Å². The number of ether oxygens (including phenoxy) is 2. The Hall–Kier alpha value is -1.52. The highest BCUT2D eigenvalue weighted by Gasteiger charge is 2.32. The van der Waals surface area contributed by atoms with Gasteiger partial charge in [-0.15, -0.1) is 0 Å². The lowest BCUT2D eigenvalue weighted by Gasteiger charge is -2.20. The molecular formula is C10H15NO4. The summed E-state index contributed by atoms with van der Waals surface area (Å²) in [5.41, 5.74) is -0.580. The van der Waals surface area contributed by atoms with Crippen LogP contribution >= 0.6 is 0 Å². The highest BCUT2D eigenvalue weighted by atomic mass is 16.6. The lowest BCUT2D eigenvalue weighted by atomic mass is 10.2. The van der Waals surface area contributed by atoms with Crippen molar-refractivity contribution in [3.05, 3.63) is 12.3 Å². The topological polar surface area (TPSA) is 64.6 Å². The maximum Gasteiger partial charge on any atom is 0.408 e. The van der Waals surface area contributed by atoms with Crippen LogP contribution < -0.4 is 5.32 Å². The second-order valence-electron chi connectivity index (χ2n) is 4.36. The van der Waals surface area contributed by atoms with Crippen LogP contribution in [-0.2, 0) is 14.3 Å². The first-order valence-electron chi connectivity index (χ1n) is 4.67. The van der Waals surface area contributed by atoms with E-state index in [4.69, 9.17) is 9.47 Å². The van der Waals surface area contributed by atoms with Crippen molar-refractivity contribution < 1.29 is 19.1 Å². The summed E-state index contributed by atoms with van der Waals surface area (Å²) < 4.78 is 9.70. The van der Waals surface area contributed by atoms with Gasteiger partial charge in [0.15, 0.2) is 0 Å². The second kappa shape index (κ2) is 3.92. The molecule has 0 aromatic carbocycles. The number of alkyl carbamates (subject to hydrolysis) is 1. The molecule has 15 heavy (non-hydrogen) atoms. The normalized spacial score (nSPS) is 21.1. The van der Waals surface area contributed by atoms with Gasteiger partial charge in [-0.25, -0.2) is 9.59 Å². The van der Waals surface area contributed by atoms with E-state index in [1.54, 1.807) is 20.8 Å². The average molecular weight is 213 g/mol. The van der Waals surface area contributed by atoms with Crippen molar-refractivity contribution in [3.63, 3.8) is 0 Å². The first-order chi connectivity index (χ1) is 6.78. The van der Waals surface area contributed by atoms with Crippen molar-refractivity contribution in [2.45, 2.75) is 38.8 Å². The van der Waals surface area contributed by atoms with Gasteiger partial charge in [0.05, 0.1) is 0 Å². The number of amides is 1. The third-order valence-electron chi connectivity index (χ3n) is 1.65. The first-order valence-corrected chi connectivity index (χ1v) is 4.67. The van der Waals surface area contributed by atoms with Crippen LogP contribution in [0.15, 0.2) is 12.3 Å². The zero-order chi connectivity index (χ0) is 11.6. The van der Waals surface area contributed by atoms with Crippen LogP contribution in [0, 0.1) is 0 Å². The van der Waals surface area contributed by atoms with Gasteiger partial charge in [0.2, 0.25) is 0 Å². The first kappa shape index (κ1) is 11.6. The Kier molecular flexibility index (Phi) is 3.02. The number of rotatable bonds is 1. The van der Waals surface area contributed by atoms with Crippen molar-refractivity contribution in [2.75, 3.05) is 0 Å². The molecule has 0 bridgehead atoms. The lowest BCUT2D eigenvalue weighted by molar-refractivity contribution is -0.137. The Balaban J connectivity index is 2.45. The minimum atomic E-state index is -0.674. The van der Waals surface area contributed by atoms with Crippen LogP contribution in [0.25, 0.3) is 0 Å². The number of cyclic esters (lactones) is 1. The van der Waals surface area contributed by atoms with Gasteiger partial charge >= 0.3 is 12.1 Å². The van der Waals surface area contributed by atoms with Crippen molar-refractivity contribution >= 4 is 12.1 Å². The minimum absolute atomic E-state index is 0.304. The Labute approximate surface area is 88.4 Å². The highest BCUT2D eigenvalue weighted by Crippen LogP contribution is 2.17. The zero-order valence-corrected chi connectivity index (χ0v) is 9.12. The van der Waals surface area contributed by atoms with Crippen molar-refractivity contribution in [3.8, 4) is 0 Å². The Morgan fingerprint density at radius 2 is 2.20 bits per heavy atom. The monoisotopic (exact) mass is 213 g/mol. The predicted molar refractivity (Wildman–Crippen MR) is 53.0 cm³/mol. The minimum Gasteiger partial charge on any atom is -0.444 e. The summed E-state index contributed by atoms with van der Waals surface area (Å²) in [5, 5.41) is 2.42. The zero-order valence-electron chi connectivity index (χ0n) is 9.12. The molecule has 1 amide bonds. The number of carbonyl (C=O) groups is 2. The second-order valence-corrected chi connectivity index (χ2v) is 4.36. The smallest absolute Gasteiger partial charge is 0.408 e. The van der Waals surface area contributed by atoms with Gasteiger partial charge in [-0.05, 0) is 20.8 Å². The van der Waals surface area contributed by atoms with Crippen LogP contribution in [0.3, 0.4) is 0 Å². The van der Waals surface area contributed by atoms with E-state index in [9.17, 15) is 9.59 Å². The maximum absolute atomic E-state index is 11.3. The summed E-state index contributed by atoms with van der Waals surface area (Å²) in [7, 11) is 0. The van der Waals surface area contributed by atoms with E-state index in [-0.39, 0.29) is 0 Å². The molecule has 1 aliphatic rings. The highest BCUT2D eigenvalue weighted by molar-refractivity contribution is 5.84. The molecule has 0 aliphatic carbocycles. The molecule has 1 atom stereocenters. The summed E-state index contributed by atoms with van der Waals surface area (Å²) in [4.78, 5) is 22.4. The molecule has 0 aromatic heterocycles. The third kappa shape index (κ3) is 3.61. The van der Waals surface area contributed by atoms with E-state index in [1.165, 1.54) is 0 Å². The summed E-state index contributed by atoms with van der Waals surface area (Å²) >= 11 is 0. The van der Waals surface area contributed by atoms with Crippen LogP contribution in [-0.4, -0.2) is 23.7 Å². The summed E-state index contributed by atoms with van der Waals surface area (Å²) in [6, 6.07) is -0.674. The van der Waals surface area contributed by atoms with Crippen molar-refractivity contribution in [1.29, 1.82) is 0 Å². The summed E-state index contributed by atoms with van der Waals surface area (Å²) in [6.45, 7) is 8.75. The van der Waals surface area contributed by atoms with E-state index in [0.717, 1.165) is 0 Å². The number of nitrogens with one attached hydrogen (secondary N) is 1. The van der Waals surface area contributed by atoms with Gasteiger partial charge in [-0.2, -0.15) is 0 Å². The molecule has 5 heteroatoms. The molecule has 84 valence electrons. The fourth-order valence-electron chi connectivity index (χ4n) is 1.13. The molecule has 1 rings (SSSR count). The number of carbonyl (C=O) groups excluding carboxylic acids is 2. The van der Waals surface area contributed by atoms with Crippen LogP contribution in [0.4, 0.5) is 4.79 Å². The molecule has 0 spiro atoms. The number of hydrogen-bond acceptors (Lipinski definition) is 4. The van der Waals surface area contributed by atoms with E-state index >= 15 is 0 Å². The molecule has 0 aromatic rings. The molecule has 5 nitrogen and oxygen atoms in total. The maximum atomic E-state index is 11.3. The largest absolute Gasteiger partial charge is 0.444 e. The molecule has 0 saturated carbocycles. The number of hydrogen-bond donors (Lipinski definition) is 1. The van der Waals surface area contributed by atoms with Gasteiger partial charge in [-0.1, -0.05) is 6.58 Å². The van der Waals surface area contributed by atoms with Gasteiger partial charge in [0.25, 0.3) is 0 Å². The molecule has 0 radical (unpaired) electrons. The lowest BCUT2D eigenvalue weighted by Crippen LogP contribution is -2.41. The van der Waals surface area contributed by atoms with E-state index < -0.39 is 23.7 Å². The van der Waals surface area contributed by atoms with Crippen molar-refractivity contribution in [1.82, 2.24) is 5.32 Å². The van der Waals surface area contributed by atoms with E-state index in [1.807, 2.05) is 0 Å². The quantitative estimate of drug-likeness (QED) is 0.667. The Morgan fingerprint density at radius 1 is 1.60 bits per heavy atom. The molecule has 1 N–H and O–H groups in total. The molecule has 1 fully saturated rings. The van der Waals surface area contributed by atoms with Crippen LogP contribution in [0.1, 0.15) is 27.2 Å². The van der Waals surface area contributed by atoms with Gasteiger partial charge in [0.1, 0.15) is 17.4 Å². The van der Waals surface area contributed by atoms with Gasteiger partial charge < -0.3 is 14.8 Å². The standard InChI is InChI=1S/C10H15NO4/c1-6-5-7(8(12)14-6)11-9(13)15-10(2,3)4/h7H,1,5H2,2-4H3,(H,11,13)/t7-/m1/s1. The predicted octanol–water partition coefficient (Wildman–Crippen LogP) is 1.34. The van der Waals surface area contributed by atoms with Crippen molar-refractivity contribution in [2.24, 2.45) is 0 Å². The fraction of sp³-hybridized carbons (Fsp3) is 0.600. The molecule has 1 heterocycles. The summed E-state index contributed by atoms with van der Waals surface area (Å²) in [6.07, 6.45) is -0.322. The Morgan fingerprint density at radius 3 is 2.60 bits per heavy atom. The number of esters is 1. The molecule has 0 unspecified atom stereocenters. The van der Waals surface area contributed by atoms with Crippen LogP contribution in [0.5, 0.6) is 0 Å². The molecule has 1 saturated heterocycles. The Bertz CT molecular complexity index is 303. The summed E-state index contributed by atoms with van der Waals surface area (Å²) in [5.74, 6) is -0.132. The molecular weight excluding hydrogens is 198 g/mol.